The average Bonchev–Trinajstić information content (AvgIpc) is 2.22. The predicted molar refractivity (Wildman–Crippen MR) is 57.3 cm³/mol. The first-order valence-electron chi connectivity index (χ1n) is 5.26. The van der Waals surface area contributed by atoms with Crippen molar-refractivity contribution in [3.63, 3.8) is 0 Å². The fourth-order valence-corrected chi connectivity index (χ4v) is 1.17. The molecule has 0 amide bonds. The lowest BCUT2D eigenvalue weighted by Gasteiger charge is -2.07. The van der Waals surface area contributed by atoms with Crippen LogP contribution in [0.2, 0.25) is 0 Å². The highest BCUT2D eigenvalue weighted by molar-refractivity contribution is 5.69. The van der Waals surface area contributed by atoms with Crippen LogP contribution in [0, 0.1) is 0 Å². The van der Waals surface area contributed by atoms with Gasteiger partial charge in [-0.1, -0.05) is 19.1 Å². The Morgan fingerprint density at radius 1 is 1.40 bits per heavy atom. The highest BCUT2D eigenvalue weighted by atomic mass is 16.5. The summed E-state index contributed by atoms with van der Waals surface area (Å²) >= 11 is 0. The van der Waals surface area contributed by atoms with E-state index < -0.39 is 6.10 Å². The summed E-state index contributed by atoms with van der Waals surface area (Å²) in [4.78, 5) is 11.0. The van der Waals surface area contributed by atoms with Gasteiger partial charge in [-0.15, -0.1) is 0 Å². The largest absolute Gasteiger partial charge is 0.461 e. The number of aliphatic hydroxyl groups is 2. The second-order valence-corrected chi connectivity index (χ2v) is 3.38. The van der Waals surface area contributed by atoms with Crippen LogP contribution in [0.15, 0.2) is 12.7 Å². The van der Waals surface area contributed by atoms with Gasteiger partial charge in [-0.3, -0.25) is 4.79 Å². The van der Waals surface area contributed by atoms with Crippen LogP contribution in [-0.4, -0.2) is 35.5 Å². The molecule has 0 radical (unpaired) electrons. The Morgan fingerprint density at radius 3 is 2.73 bits per heavy atom. The van der Waals surface area contributed by atoms with Crippen LogP contribution in [0.4, 0.5) is 0 Å². The smallest absolute Gasteiger partial charge is 0.306 e. The predicted octanol–water partition coefficient (Wildman–Crippen LogP) is 1.02. The number of hydrogen-bond acceptors (Lipinski definition) is 4. The SMILES string of the molecule is C=CCOC(=O)CCCCC(O)CCO. The van der Waals surface area contributed by atoms with Crippen molar-refractivity contribution in [1.29, 1.82) is 0 Å². The molecular weight excluding hydrogens is 196 g/mol. The second kappa shape index (κ2) is 9.68. The molecule has 0 rings (SSSR count). The Hall–Kier alpha value is -0.870. The van der Waals surface area contributed by atoms with Crippen molar-refractivity contribution in [2.75, 3.05) is 13.2 Å². The number of rotatable bonds is 9. The van der Waals surface area contributed by atoms with Gasteiger partial charge >= 0.3 is 5.97 Å². The zero-order valence-corrected chi connectivity index (χ0v) is 9.02. The Bertz CT molecular complexity index is 179. The average molecular weight is 216 g/mol. The molecule has 0 heterocycles. The Balaban J connectivity index is 3.29. The molecule has 1 unspecified atom stereocenters. The lowest BCUT2D eigenvalue weighted by molar-refractivity contribution is -0.142. The Labute approximate surface area is 90.6 Å². The summed E-state index contributed by atoms with van der Waals surface area (Å²) < 4.78 is 4.79. The Morgan fingerprint density at radius 2 is 2.13 bits per heavy atom. The molecule has 0 aromatic rings. The molecule has 0 aliphatic rings. The van der Waals surface area contributed by atoms with E-state index in [2.05, 4.69) is 6.58 Å². The third-order valence-corrected chi connectivity index (χ3v) is 1.99. The van der Waals surface area contributed by atoms with E-state index in [0.717, 1.165) is 6.42 Å². The third-order valence-electron chi connectivity index (χ3n) is 1.99. The maximum Gasteiger partial charge on any atom is 0.306 e. The molecule has 4 heteroatoms. The molecule has 0 saturated carbocycles. The maximum atomic E-state index is 11.0. The summed E-state index contributed by atoms with van der Waals surface area (Å²) in [5.74, 6) is -0.230. The normalized spacial score (nSPS) is 12.1. The number of esters is 1. The second-order valence-electron chi connectivity index (χ2n) is 3.38. The number of aliphatic hydroxyl groups excluding tert-OH is 2. The monoisotopic (exact) mass is 216 g/mol. The number of hydrogen-bond donors (Lipinski definition) is 2. The van der Waals surface area contributed by atoms with Crippen LogP contribution in [-0.2, 0) is 9.53 Å². The summed E-state index contributed by atoms with van der Waals surface area (Å²) in [5, 5.41) is 17.8. The molecule has 0 bridgehead atoms. The van der Waals surface area contributed by atoms with Crippen LogP contribution in [0.5, 0.6) is 0 Å². The van der Waals surface area contributed by atoms with E-state index in [1.807, 2.05) is 0 Å². The minimum atomic E-state index is -0.459. The molecule has 2 N–H and O–H groups in total. The first-order chi connectivity index (χ1) is 7.20. The standard InChI is InChI=1S/C11H20O4/c1-2-9-15-11(14)6-4-3-5-10(13)7-8-12/h2,10,12-13H,1,3-9H2. The Kier molecular flexibility index (Phi) is 9.11. The van der Waals surface area contributed by atoms with E-state index in [4.69, 9.17) is 9.84 Å². The van der Waals surface area contributed by atoms with Crippen molar-refractivity contribution in [3.8, 4) is 0 Å². The van der Waals surface area contributed by atoms with Crippen molar-refractivity contribution in [2.24, 2.45) is 0 Å². The lowest BCUT2D eigenvalue weighted by Crippen LogP contribution is -2.09. The molecule has 88 valence electrons. The van der Waals surface area contributed by atoms with Crippen LogP contribution in [0.1, 0.15) is 32.1 Å². The van der Waals surface area contributed by atoms with E-state index in [1.165, 1.54) is 6.08 Å². The van der Waals surface area contributed by atoms with Crippen molar-refractivity contribution in [1.82, 2.24) is 0 Å². The fourth-order valence-electron chi connectivity index (χ4n) is 1.17. The third kappa shape index (κ3) is 9.43. The molecule has 0 saturated heterocycles. The quantitative estimate of drug-likeness (QED) is 0.343. The van der Waals surface area contributed by atoms with Crippen molar-refractivity contribution >= 4 is 5.97 Å². The van der Waals surface area contributed by atoms with Gasteiger partial charge in [0.25, 0.3) is 0 Å². The van der Waals surface area contributed by atoms with E-state index in [1.54, 1.807) is 0 Å². The molecule has 0 aliphatic heterocycles. The molecule has 4 nitrogen and oxygen atoms in total. The maximum absolute atomic E-state index is 11.0. The minimum absolute atomic E-state index is 0.00252. The van der Waals surface area contributed by atoms with Crippen molar-refractivity contribution in [3.05, 3.63) is 12.7 Å². The molecule has 1 atom stereocenters. The van der Waals surface area contributed by atoms with Gasteiger partial charge in [0.2, 0.25) is 0 Å². The van der Waals surface area contributed by atoms with Crippen molar-refractivity contribution < 1.29 is 19.7 Å². The van der Waals surface area contributed by atoms with Crippen LogP contribution >= 0.6 is 0 Å². The summed E-state index contributed by atoms with van der Waals surface area (Å²) in [7, 11) is 0. The molecule has 0 aliphatic carbocycles. The first kappa shape index (κ1) is 14.1. The molecule has 0 spiro atoms. The molecule has 0 fully saturated rings. The summed E-state index contributed by atoms with van der Waals surface area (Å²) in [5.41, 5.74) is 0. The van der Waals surface area contributed by atoms with Gasteiger partial charge in [0, 0.05) is 13.0 Å². The van der Waals surface area contributed by atoms with Crippen LogP contribution in [0.3, 0.4) is 0 Å². The first-order valence-corrected chi connectivity index (χ1v) is 5.26. The highest BCUT2D eigenvalue weighted by Crippen LogP contribution is 2.06. The van der Waals surface area contributed by atoms with Gasteiger partial charge in [0.15, 0.2) is 0 Å². The summed E-state index contributed by atoms with van der Waals surface area (Å²) in [6.07, 6.45) is 3.95. The number of unbranched alkanes of at least 4 members (excludes halogenated alkanes) is 1. The molecule has 15 heavy (non-hydrogen) atoms. The molecule has 0 aromatic heterocycles. The zero-order chi connectivity index (χ0) is 11.5. The van der Waals surface area contributed by atoms with Gasteiger partial charge in [0.05, 0.1) is 6.10 Å². The van der Waals surface area contributed by atoms with Gasteiger partial charge in [0.1, 0.15) is 6.61 Å². The van der Waals surface area contributed by atoms with Crippen LogP contribution in [0.25, 0.3) is 0 Å². The van der Waals surface area contributed by atoms with E-state index >= 15 is 0 Å². The topological polar surface area (TPSA) is 66.8 Å². The van der Waals surface area contributed by atoms with Gasteiger partial charge in [-0.25, -0.2) is 0 Å². The number of ether oxygens (including phenoxy) is 1. The van der Waals surface area contributed by atoms with Gasteiger partial charge in [-0.05, 0) is 19.3 Å². The molecule has 0 aromatic carbocycles. The van der Waals surface area contributed by atoms with Gasteiger partial charge in [-0.2, -0.15) is 0 Å². The van der Waals surface area contributed by atoms with E-state index in [9.17, 15) is 9.90 Å². The number of carbonyl (C=O) groups excluding carboxylic acids is 1. The number of carbonyl (C=O) groups is 1. The minimum Gasteiger partial charge on any atom is -0.461 e. The van der Waals surface area contributed by atoms with Crippen LogP contribution < -0.4 is 0 Å². The summed E-state index contributed by atoms with van der Waals surface area (Å²) in [6, 6.07) is 0. The zero-order valence-electron chi connectivity index (χ0n) is 9.02. The lowest BCUT2D eigenvalue weighted by atomic mass is 10.1. The fraction of sp³-hybridized carbons (Fsp3) is 0.727. The molecular formula is C11H20O4. The summed E-state index contributed by atoms with van der Waals surface area (Å²) in [6.45, 7) is 3.70. The van der Waals surface area contributed by atoms with E-state index in [-0.39, 0.29) is 19.2 Å². The van der Waals surface area contributed by atoms with Crippen molar-refractivity contribution in [2.45, 2.75) is 38.2 Å². The highest BCUT2D eigenvalue weighted by Gasteiger charge is 2.05. The van der Waals surface area contributed by atoms with Gasteiger partial charge < -0.3 is 14.9 Å². The van der Waals surface area contributed by atoms with E-state index in [0.29, 0.717) is 25.7 Å².